The second-order valence-corrected chi connectivity index (χ2v) is 2.87. The topological polar surface area (TPSA) is 38.5 Å². The van der Waals surface area contributed by atoms with Gasteiger partial charge in [-0.05, 0) is 26.7 Å². The van der Waals surface area contributed by atoms with Crippen LogP contribution in [-0.2, 0) is 9.68 Å². The van der Waals surface area contributed by atoms with Gasteiger partial charge in [0.2, 0.25) is 0 Å². The molecular weight excluding hydrogens is 158 g/mol. The molecule has 0 fully saturated rings. The SMILES string of the molecule is CCC(C)O[N+](=O)OC(C)CC. The van der Waals surface area contributed by atoms with Gasteiger partial charge in [-0.1, -0.05) is 13.8 Å². The summed E-state index contributed by atoms with van der Waals surface area (Å²) in [6.45, 7) is 7.54. The van der Waals surface area contributed by atoms with Gasteiger partial charge in [0.15, 0.2) is 12.2 Å². The Morgan fingerprint density at radius 1 is 1.08 bits per heavy atom. The second kappa shape index (κ2) is 5.80. The van der Waals surface area contributed by atoms with Gasteiger partial charge in [0.25, 0.3) is 0 Å². The minimum absolute atomic E-state index is 0.0912. The molecule has 0 radical (unpaired) electrons. The number of hydrogen-bond donors (Lipinski definition) is 0. The maximum Gasteiger partial charge on any atom is 0.478 e. The summed E-state index contributed by atoms with van der Waals surface area (Å²) >= 11 is 0. The van der Waals surface area contributed by atoms with E-state index >= 15 is 0 Å². The van der Waals surface area contributed by atoms with E-state index in [1.807, 2.05) is 27.7 Å². The Hall–Kier alpha value is -0.800. The highest BCUT2D eigenvalue weighted by Gasteiger charge is 2.20. The van der Waals surface area contributed by atoms with E-state index in [9.17, 15) is 4.91 Å². The summed E-state index contributed by atoms with van der Waals surface area (Å²) in [6, 6.07) is 0. The summed E-state index contributed by atoms with van der Waals surface area (Å²) in [4.78, 5) is 20.5. The van der Waals surface area contributed by atoms with Crippen molar-refractivity contribution in [2.75, 3.05) is 0 Å². The Labute approximate surface area is 73.3 Å². The van der Waals surface area contributed by atoms with Crippen molar-refractivity contribution >= 4 is 0 Å². The fourth-order valence-electron chi connectivity index (χ4n) is 0.468. The Balaban J connectivity index is 3.59. The lowest BCUT2D eigenvalue weighted by atomic mass is 10.3. The van der Waals surface area contributed by atoms with Crippen LogP contribution in [0.1, 0.15) is 40.5 Å². The van der Waals surface area contributed by atoms with Crippen LogP contribution >= 0.6 is 0 Å². The summed E-state index contributed by atoms with van der Waals surface area (Å²) in [7, 11) is 0. The highest BCUT2D eigenvalue weighted by molar-refractivity contribution is 4.38. The molecule has 2 atom stereocenters. The average molecular weight is 176 g/mol. The Bertz CT molecular complexity index is 124. The van der Waals surface area contributed by atoms with Crippen LogP contribution in [0.2, 0.25) is 0 Å². The highest BCUT2D eigenvalue weighted by Crippen LogP contribution is 2.01. The third-order valence-electron chi connectivity index (χ3n) is 1.68. The second-order valence-electron chi connectivity index (χ2n) is 2.87. The molecule has 0 amide bonds. The first kappa shape index (κ1) is 11.2. The van der Waals surface area contributed by atoms with Crippen molar-refractivity contribution in [2.24, 2.45) is 0 Å². The molecule has 0 N–H and O–H groups in total. The molecule has 2 unspecified atom stereocenters. The van der Waals surface area contributed by atoms with Crippen molar-refractivity contribution in [3.05, 3.63) is 4.91 Å². The van der Waals surface area contributed by atoms with Gasteiger partial charge in [-0.3, -0.25) is 0 Å². The van der Waals surface area contributed by atoms with Crippen molar-refractivity contribution in [1.29, 1.82) is 0 Å². The molecule has 0 aliphatic heterocycles. The molecule has 0 rings (SSSR count). The molecule has 0 aromatic heterocycles. The van der Waals surface area contributed by atoms with Crippen LogP contribution in [0.25, 0.3) is 0 Å². The van der Waals surface area contributed by atoms with Gasteiger partial charge in [-0.2, -0.15) is 9.68 Å². The molecule has 4 nitrogen and oxygen atoms in total. The zero-order valence-electron chi connectivity index (χ0n) is 8.24. The van der Waals surface area contributed by atoms with E-state index in [0.29, 0.717) is 0 Å². The fraction of sp³-hybridized carbons (Fsp3) is 1.00. The van der Waals surface area contributed by atoms with Crippen LogP contribution in [0, 0.1) is 4.91 Å². The van der Waals surface area contributed by atoms with Crippen molar-refractivity contribution in [3.8, 4) is 0 Å². The third-order valence-corrected chi connectivity index (χ3v) is 1.68. The van der Waals surface area contributed by atoms with Crippen LogP contribution in [0.15, 0.2) is 0 Å². The van der Waals surface area contributed by atoms with E-state index in [2.05, 4.69) is 0 Å². The van der Waals surface area contributed by atoms with Crippen molar-refractivity contribution in [2.45, 2.75) is 52.7 Å². The molecule has 72 valence electrons. The Morgan fingerprint density at radius 2 is 1.42 bits per heavy atom. The van der Waals surface area contributed by atoms with Crippen LogP contribution < -0.4 is 0 Å². The van der Waals surface area contributed by atoms with Crippen LogP contribution in [0.5, 0.6) is 0 Å². The lowest BCUT2D eigenvalue weighted by molar-refractivity contribution is -0.992. The third kappa shape index (κ3) is 4.93. The highest BCUT2D eigenvalue weighted by atomic mass is 17.0. The minimum Gasteiger partial charge on any atom is -0.184 e. The standard InChI is InChI=1S/C8H18NO3/c1-5-7(3)11-9(10)12-8(4)6-2/h7-8H,5-6H2,1-4H3/q+1. The fourth-order valence-corrected chi connectivity index (χ4v) is 0.468. The quantitative estimate of drug-likeness (QED) is 0.582. The van der Waals surface area contributed by atoms with E-state index in [0.717, 1.165) is 12.8 Å². The van der Waals surface area contributed by atoms with Crippen LogP contribution in [0.4, 0.5) is 0 Å². The van der Waals surface area contributed by atoms with Gasteiger partial charge in [0.05, 0.1) is 0 Å². The zero-order chi connectivity index (χ0) is 9.56. The molecule has 0 spiro atoms. The summed E-state index contributed by atoms with van der Waals surface area (Å²) in [6.07, 6.45) is 1.41. The smallest absolute Gasteiger partial charge is 0.184 e. The lowest BCUT2D eigenvalue weighted by Crippen LogP contribution is -2.21. The van der Waals surface area contributed by atoms with E-state index in [1.54, 1.807) is 0 Å². The van der Waals surface area contributed by atoms with E-state index in [1.165, 1.54) is 0 Å². The lowest BCUT2D eigenvalue weighted by Gasteiger charge is -2.02. The van der Waals surface area contributed by atoms with E-state index in [-0.39, 0.29) is 17.3 Å². The molecule has 0 aromatic rings. The number of nitrogens with zero attached hydrogens (tertiary/aromatic N) is 1. The summed E-state index contributed by atoms with van der Waals surface area (Å²) in [5.74, 6) is 0. The van der Waals surface area contributed by atoms with Gasteiger partial charge >= 0.3 is 5.09 Å². The summed E-state index contributed by atoms with van der Waals surface area (Å²) < 4.78 is 0. The van der Waals surface area contributed by atoms with Gasteiger partial charge < -0.3 is 0 Å². The van der Waals surface area contributed by atoms with Crippen LogP contribution in [0.3, 0.4) is 0 Å². The largest absolute Gasteiger partial charge is 0.478 e. The molecule has 0 aliphatic carbocycles. The first-order valence-corrected chi connectivity index (χ1v) is 4.40. The van der Waals surface area contributed by atoms with Gasteiger partial charge in [0.1, 0.15) is 4.91 Å². The molecule has 0 bridgehead atoms. The number of rotatable bonds is 6. The predicted molar refractivity (Wildman–Crippen MR) is 45.3 cm³/mol. The van der Waals surface area contributed by atoms with Crippen molar-refractivity contribution < 1.29 is 14.8 Å². The van der Waals surface area contributed by atoms with Crippen LogP contribution in [-0.4, -0.2) is 17.3 Å². The molecule has 4 heteroatoms. The van der Waals surface area contributed by atoms with Gasteiger partial charge in [-0.25, -0.2) is 0 Å². The predicted octanol–water partition coefficient (Wildman–Crippen LogP) is 2.23. The van der Waals surface area contributed by atoms with Gasteiger partial charge in [0, 0.05) is 0 Å². The maximum absolute atomic E-state index is 10.9. The molecule has 0 aliphatic rings. The number of hydrogen-bond acceptors (Lipinski definition) is 3. The first-order valence-electron chi connectivity index (χ1n) is 4.40. The molecular formula is C8H18NO3+. The molecule has 0 saturated carbocycles. The average Bonchev–Trinajstić information content (AvgIpc) is 2.03. The normalized spacial score (nSPS) is 15.0. The minimum atomic E-state index is -0.0912. The monoisotopic (exact) mass is 176 g/mol. The Kier molecular flexibility index (Phi) is 5.41. The first-order chi connectivity index (χ1) is 5.60. The van der Waals surface area contributed by atoms with E-state index < -0.39 is 0 Å². The zero-order valence-corrected chi connectivity index (χ0v) is 8.24. The van der Waals surface area contributed by atoms with Crippen molar-refractivity contribution in [3.63, 3.8) is 0 Å². The maximum atomic E-state index is 10.9. The van der Waals surface area contributed by atoms with Crippen molar-refractivity contribution in [1.82, 2.24) is 0 Å². The Morgan fingerprint density at radius 3 is 1.67 bits per heavy atom. The molecule has 12 heavy (non-hydrogen) atoms. The van der Waals surface area contributed by atoms with E-state index in [4.69, 9.17) is 9.68 Å². The van der Waals surface area contributed by atoms with Gasteiger partial charge in [-0.15, -0.1) is 0 Å². The molecule has 0 saturated heterocycles. The summed E-state index contributed by atoms with van der Waals surface area (Å²) in [5.41, 5.74) is 0. The molecule has 0 heterocycles. The molecule has 0 aromatic carbocycles. The summed E-state index contributed by atoms with van der Waals surface area (Å²) in [5, 5.41) is 0.211.